The number of aryl methyl sites for hydroxylation is 1. The monoisotopic (exact) mass is 532 g/mol. The molecule has 1 aliphatic carbocycles. The third-order valence-corrected chi connectivity index (χ3v) is 7.63. The van der Waals surface area contributed by atoms with Gasteiger partial charge in [0.15, 0.2) is 0 Å². The number of hydrogen-bond acceptors (Lipinski definition) is 6. The average molecular weight is 533 g/mol. The zero-order valence-corrected chi connectivity index (χ0v) is 20.0. The van der Waals surface area contributed by atoms with Crippen molar-refractivity contribution >= 4 is 32.2 Å². The van der Waals surface area contributed by atoms with Crippen LogP contribution in [0.4, 0.5) is 24.5 Å². The molecule has 2 aromatic heterocycles. The molecule has 0 unspecified atom stereocenters. The maximum Gasteiger partial charge on any atom is 0.501 e. The van der Waals surface area contributed by atoms with Gasteiger partial charge in [0.25, 0.3) is 21.0 Å². The van der Waals surface area contributed by atoms with Crippen LogP contribution in [0.2, 0.25) is 0 Å². The molecule has 13 heteroatoms. The lowest BCUT2D eigenvalue weighted by molar-refractivity contribution is -0.0436. The molecule has 5 rings (SSSR count). The van der Waals surface area contributed by atoms with Crippen molar-refractivity contribution < 1.29 is 21.6 Å². The lowest BCUT2D eigenvalue weighted by atomic mass is 10.2. The quantitative estimate of drug-likeness (QED) is 0.423. The summed E-state index contributed by atoms with van der Waals surface area (Å²) in [5.41, 5.74) is -6.62. The van der Waals surface area contributed by atoms with E-state index < -0.39 is 37.0 Å². The van der Waals surface area contributed by atoms with Crippen molar-refractivity contribution in [2.75, 3.05) is 5.32 Å². The van der Waals surface area contributed by atoms with E-state index in [0.29, 0.717) is 18.5 Å². The second-order valence-electron chi connectivity index (χ2n) is 8.61. The molecule has 2 heterocycles. The van der Waals surface area contributed by atoms with Crippen molar-refractivity contribution in [3.63, 3.8) is 0 Å². The second-order valence-corrected chi connectivity index (χ2v) is 10.6. The molecule has 37 heavy (non-hydrogen) atoms. The first-order valence-corrected chi connectivity index (χ1v) is 12.6. The van der Waals surface area contributed by atoms with Crippen LogP contribution in [0.15, 0.2) is 79.9 Å². The Balaban J connectivity index is 1.74. The summed E-state index contributed by atoms with van der Waals surface area (Å²) in [7, 11) is -4.12. The maximum atomic E-state index is 13.6. The summed E-state index contributed by atoms with van der Waals surface area (Å²) in [6, 6.07) is 13.1. The zero-order valence-electron chi connectivity index (χ0n) is 19.2. The number of nitrogens with one attached hydrogen (secondary N) is 1. The maximum absolute atomic E-state index is 13.6. The summed E-state index contributed by atoms with van der Waals surface area (Å²) in [4.78, 5) is 39.0. The minimum Gasteiger partial charge on any atom is -0.355 e. The lowest BCUT2D eigenvalue weighted by Crippen LogP contribution is -2.41. The number of hydrogen-bond donors (Lipinski definition) is 1. The normalized spacial score (nSPS) is 14.2. The number of sulfone groups is 1. The number of nitrogens with zero attached hydrogens (tertiary/aromatic N) is 3. The Morgan fingerprint density at radius 2 is 1.57 bits per heavy atom. The first kappa shape index (κ1) is 24.6. The van der Waals surface area contributed by atoms with Gasteiger partial charge in [-0.25, -0.2) is 17.8 Å². The van der Waals surface area contributed by atoms with Crippen molar-refractivity contribution in [2.24, 2.45) is 7.05 Å². The van der Waals surface area contributed by atoms with Gasteiger partial charge in [0.2, 0.25) is 0 Å². The van der Waals surface area contributed by atoms with Crippen LogP contribution in [0.3, 0.4) is 0 Å². The minimum absolute atomic E-state index is 0.0180. The number of aromatic nitrogens is 3. The van der Waals surface area contributed by atoms with Gasteiger partial charge in [0.1, 0.15) is 11.0 Å². The Morgan fingerprint density at radius 3 is 2.14 bits per heavy atom. The highest BCUT2D eigenvalue weighted by atomic mass is 32.2. The molecular weight excluding hydrogens is 513 g/mol. The Bertz CT molecular complexity index is 1820. The van der Waals surface area contributed by atoms with Crippen LogP contribution in [-0.2, 0) is 16.9 Å². The Morgan fingerprint density at radius 1 is 0.946 bits per heavy atom. The fourth-order valence-electron chi connectivity index (χ4n) is 4.13. The molecule has 1 fully saturated rings. The molecule has 0 spiro atoms. The van der Waals surface area contributed by atoms with Gasteiger partial charge >= 0.3 is 11.2 Å². The van der Waals surface area contributed by atoms with Gasteiger partial charge in [-0.1, -0.05) is 18.2 Å². The van der Waals surface area contributed by atoms with E-state index in [1.54, 1.807) is 30.3 Å². The van der Waals surface area contributed by atoms with Gasteiger partial charge in [0.05, 0.1) is 16.3 Å². The number of anilines is 2. The highest BCUT2D eigenvalue weighted by molar-refractivity contribution is 7.92. The van der Waals surface area contributed by atoms with Crippen LogP contribution in [0.25, 0.3) is 16.7 Å². The Labute approximate surface area is 206 Å². The SMILES string of the molecule is Cn1c(=O)cc(Nc2ccc(S(=O)(=O)C(F)(F)F)cc2)c2c(=O)n(C3CC3)c(=O)n(-c3ccccc3)c21. The van der Waals surface area contributed by atoms with E-state index >= 15 is 0 Å². The first-order valence-electron chi connectivity index (χ1n) is 11.1. The number of alkyl halides is 3. The van der Waals surface area contributed by atoms with Crippen LogP contribution in [0.1, 0.15) is 18.9 Å². The number of para-hydroxylation sites is 1. The van der Waals surface area contributed by atoms with Crippen LogP contribution in [0.5, 0.6) is 0 Å². The van der Waals surface area contributed by atoms with Crippen molar-refractivity contribution in [3.8, 4) is 5.69 Å². The van der Waals surface area contributed by atoms with Crippen molar-refractivity contribution in [2.45, 2.75) is 29.3 Å². The van der Waals surface area contributed by atoms with Crippen molar-refractivity contribution in [1.29, 1.82) is 0 Å². The van der Waals surface area contributed by atoms with Gasteiger partial charge in [-0.2, -0.15) is 13.2 Å². The fraction of sp³-hybridized carbons (Fsp3) is 0.208. The smallest absolute Gasteiger partial charge is 0.355 e. The van der Waals surface area contributed by atoms with Crippen LogP contribution < -0.4 is 22.1 Å². The summed E-state index contributed by atoms with van der Waals surface area (Å²) in [6.07, 6.45) is 1.28. The molecule has 0 radical (unpaired) electrons. The van der Waals surface area contributed by atoms with Crippen molar-refractivity contribution in [3.05, 3.63) is 91.9 Å². The number of pyridine rings is 1. The average Bonchev–Trinajstić information content (AvgIpc) is 3.67. The third kappa shape index (κ3) is 4.04. The molecule has 4 aromatic rings. The predicted molar refractivity (Wildman–Crippen MR) is 130 cm³/mol. The molecule has 0 bridgehead atoms. The van der Waals surface area contributed by atoms with E-state index in [1.807, 2.05) is 0 Å². The summed E-state index contributed by atoms with van der Waals surface area (Å²) in [5.74, 6) is 0. The molecular formula is C24H19F3N4O5S. The summed E-state index contributed by atoms with van der Waals surface area (Å²) in [6.45, 7) is 0. The van der Waals surface area contributed by atoms with Crippen LogP contribution in [-0.4, -0.2) is 27.6 Å². The molecule has 1 saturated carbocycles. The highest BCUT2D eigenvalue weighted by Crippen LogP contribution is 2.34. The van der Waals surface area contributed by atoms with Crippen LogP contribution in [0, 0.1) is 0 Å². The van der Waals surface area contributed by atoms with E-state index in [-0.39, 0.29) is 28.5 Å². The van der Waals surface area contributed by atoms with E-state index in [9.17, 15) is 36.0 Å². The molecule has 1 aliphatic rings. The van der Waals surface area contributed by atoms with E-state index in [4.69, 9.17) is 0 Å². The highest BCUT2D eigenvalue weighted by Gasteiger charge is 2.46. The summed E-state index contributed by atoms with van der Waals surface area (Å²) in [5, 5.41) is 2.86. The number of fused-ring (bicyclic) bond motifs is 1. The summed E-state index contributed by atoms with van der Waals surface area (Å²) < 4.78 is 65.6. The van der Waals surface area contributed by atoms with E-state index in [0.717, 1.165) is 34.9 Å². The minimum atomic E-state index is -5.54. The lowest BCUT2D eigenvalue weighted by Gasteiger charge is -2.19. The van der Waals surface area contributed by atoms with Gasteiger partial charge in [-0.15, -0.1) is 0 Å². The Kier molecular flexibility index (Phi) is 5.62. The van der Waals surface area contributed by atoms with Gasteiger partial charge in [-0.05, 0) is 49.2 Å². The fourth-order valence-corrected chi connectivity index (χ4v) is 4.89. The Hall–Kier alpha value is -4.13. The van der Waals surface area contributed by atoms with Gasteiger partial charge in [0, 0.05) is 24.8 Å². The molecule has 0 amide bonds. The molecule has 0 saturated heterocycles. The zero-order chi connectivity index (χ0) is 26.7. The molecule has 0 aliphatic heterocycles. The topological polar surface area (TPSA) is 112 Å². The molecule has 2 aromatic carbocycles. The molecule has 1 N–H and O–H groups in total. The molecule has 9 nitrogen and oxygen atoms in total. The van der Waals surface area contributed by atoms with E-state index in [1.165, 1.54) is 16.2 Å². The largest absolute Gasteiger partial charge is 0.501 e. The van der Waals surface area contributed by atoms with Gasteiger partial charge < -0.3 is 5.32 Å². The van der Waals surface area contributed by atoms with Crippen LogP contribution >= 0.6 is 0 Å². The molecule has 0 atom stereocenters. The third-order valence-electron chi connectivity index (χ3n) is 6.13. The van der Waals surface area contributed by atoms with Gasteiger partial charge in [-0.3, -0.25) is 18.7 Å². The number of rotatable bonds is 5. The second kappa shape index (κ2) is 8.47. The standard InChI is InChI=1S/C24H19F3N4O5S/c1-29-19(32)13-18(28-14-7-11-17(12-8-14)37(35,36)24(25,26)27)20-21(29)30(15-5-3-2-4-6-15)23(34)31(22(20)33)16-9-10-16/h2-8,11-13,16,28H,9-10H2,1H3. The molecule has 192 valence electrons. The predicted octanol–water partition coefficient (Wildman–Crippen LogP) is 3.22. The summed E-state index contributed by atoms with van der Waals surface area (Å²) >= 11 is 0. The number of benzene rings is 2. The number of halogens is 3. The van der Waals surface area contributed by atoms with E-state index in [2.05, 4.69) is 5.32 Å². The van der Waals surface area contributed by atoms with Crippen molar-refractivity contribution in [1.82, 2.24) is 13.7 Å². The first-order chi connectivity index (χ1) is 17.4.